The highest BCUT2D eigenvalue weighted by Gasteiger charge is 2.07. The summed E-state index contributed by atoms with van der Waals surface area (Å²) in [5, 5.41) is 4.05. The van der Waals surface area contributed by atoms with E-state index in [1.807, 2.05) is 73.7 Å². The van der Waals surface area contributed by atoms with Gasteiger partial charge in [-0.25, -0.2) is 5.43 Å². The Labute approximate surface area is 182 Å². The second-order valence-corrected chi connectivity index (χ2v) is 7.00. The molecule has 0 radical (unpaired) electrons. The molecule has 31 heavy (non-hydrogen) atoms. The minimum absolute atomic E-state index is 0.203. The van der Waals surface area contributed by atoms with E-state index in [0.717, 1.165) is 22.4 Å². The van der Waals surface area contributed by atoms with E-state index < -0.39 is 0 Å². The summed E-state index contributed by atoms with van der Waals surface area (Å²) >= 11 is 0. The van der Waals surface area contributed by atoms with Crippen LogP contribution in [-0.4, -0.2) is 26.3 Å². The van der Waals surface area contributed by atoms with Gasteiger partial charge in [0.05, 0.1) is 26.9 Å². The maximum Gasteiger partial charge on any atom is 0.244 e. The normalized spacial score (nSPS) is 10.7. The molecule has 0 aliphatic carbocycles. The highest BCUT2D eigenvalue weighted by atomic mass is 16.5. The maximum absolute atomic E-state index is 12.1. The predicted octanol–water partition coefficient (Wildman–Crippen LogP) is 4.28. The molecule has 160 valence electrons. The van der Waals surface area contributed by atoms with Crippen molar-refractivity contribution in [3.63, 3.8) is 0 Å². The first kappa shape index (κ1) is 21.9. The molecular weight excluding hydrogens is 392 g/mol. The van der Waals surface area contributed by atoms with Crippen molar-refractivity contribution in [3.8, 4) is 17.2 Å². The van der Waals surface area contributed by atoms with Gasteiger partial charge in [-0.3, -0.25) is 4.79 Å². The Morgan fingerprint density at radius 3 is 2.29 bits per heavy atom. The minimum Gasteiger partial charge on any atom is -0.497 e. The van der Waals surface area contributed by atoms with Crippen molar-refractivity contribution in [2.75, 3.05) is 14.2 Å². The van der Waals surface area contributed by atoms with Gasteiger partial charge in [0.2, 0.25) is 5.91 Å². The Morgan fingerprint density at radius 1 is 0.903 bits per heavy atom. The van der Waals surface area contributed by atoms with Gasteiger partial charge >= 0.3 is 0 Å². The smallest absolute Gasteiger partial charge is 0.244 e. The lowest BCUT2D eigenvalue weighted by Crippen LogP contribution is -2.19. The number of amides is 1. The summed E-state index contributed by atoms with van der Waals surface area (Å²) in [7, 11) is 3.20. The van der Waals surface area contributed by atoms with Gasteiger partial charge in [0.25, 0.3) is 0 Å². The van der Waals surface area contributed by atoms with E-state index in [-0.39, 0.29) is 12.3 Å². The van der Waals surface area contributed by atoms with E-state index in [9.17, 15) is 4.79 Å². The molecule has 3 aromatic carbocycles. The van der Waals surface area contributed by atoms with E-state index in [1.165, 1.54) is 5.56 Å². The molecule has 0 saturated heterocycles. The van der Waals surface area contributed by atoms with Crippen LogP contribution < -0.4 is 19.6 Å². The topological polar surface area (TPSA) is 69.2 Å². The number of methoxy groups -OCH3 is 2. The Hall–Kier alpha value is -3.80. The number of hydrogen-bond acceptors (Lipinski definition) is 5. The van der Waals surface area contributed by atoms with Crippen LogP contribution >= 0.6 is 0 Å². The van der Waals surface area contributed by atoms with Crippen molar-refractivity contribution in [1.29, 1.82) is 0 Å². The van der Waals surface area contributed by atoms with Gasteiger partial charge < -0.3 is 14.2 Å². The largest absolute Gasteiger partial charge is 0.497 e. The van der Waals surface area contributed by atoms with Crippen molar-refractivity contribution < 1.29 is 19.0 Å². The first-order valence-electron chi connectivity index (χ1n) is 9.88. The van der Waals surface area contributed by atoms with Crippen LogP contribution in [0, 0.1) is 6.92 Å². The SMILES string of the molecule is COc1ccc(CC(=O)N/N=C\c2ccc(OC)c(OCc3ccc(C)cc3)c2)cc1. The molecule has 0 fully saturated rings. The van der Waals surface area contributed by atoms with Crippen molar-refractivity contribution in [3.05, 3.63) is 89.0 Å². The van der Waals surface area contributed by atoms with Crippen LogP contribution in [0.4, 0.5) is 0 Å². The van der Waals surface area contributed by atoms with Crippen LogP contribution in [0.1, 0.15) is 22.3 Å². The summed E-state index contributed by atoms with van der Waals surface area (Å²) in [6, 6.07) is 21.0. The van der Waals surface area contributed by atoms with Gasteiger partial charge in [-0.1, -0.05) is 42.0 Å². The molecule has 6 nitrogen and oxygen atoms in total. The van der Waals surface area contributed by atoms with E-state index in [1.54, 1.807) is 20.4 Å². The maximum atomic E-state index is 12.1. The second kappa shape index (κ2) is 10.8. The number of hydrazone groups is 1. The van der Waals surface area contributed by atoms with Crippen molar-refractivity contribution in [1.82, 2.24) is 5.43 Å². The van der Waals surface area contributed by atoms with Gasteiger partial charge in [-0.05, 0) is 53.9 Å². The Morgan fingerprint density at radius 2 is 1.61 bits per heavy atom. The Balaban J connectivity index is 1.58. The fraction of sp³-hybridized carbons (Fsp3) is 0.200. The summed E-state index contributed by atoms with van der Waals surface area (Å²) in [6.45, 7) is 2.47. The third kappa shape index (κ3) is 6.60. The van der Waals surface area contributed by atoms with E-state index in [2.05, 4.69) is 10.5 Å². The summed E-state index contributed by atoms with van der Waals surface area (Å²) < 4.78 is 16.4. The zero-order valence-corrected chi connectivity index (χ0v) is 17.9. The number of ether oxygens (including phenoxy) is 3. The first-order valence-corrected chi connectivity index (χ1v) is 9.88. The fourth-order valence-electron chi connectivity index (χ4n) is 2.88. The molecule has 6 heteroatoms. The average molecular weight is 418 g/mol. The molecule has 1 N–H and O–H groups in total. The predicted molar refractivity (Wildman–Crippen MR) is 121 cm³/mol. The van der Waals surface area contributed by atoms with Gasteiger partial charge in [0.1, 0.15) is 12.4 Å². The summed E-state index contributed by atoms with van der Waals surface area (Å²) in [4.78, 5) is 12.1. The molecule has 0 atom stereocenters. The molecule has 0 aromatic heterocycles. The Bertz CT molecular complexity index is 1030. The molecule has 0 bridgehead atoms. The fourth-order valence-corrected chi connectivity index (χ4v) is 2.88. The molecule has 3 rings (SSSR count). The van der Waals surface area contributed by atoms with Crippen LogP contribution in [0.5, 0.6) is 17.2 Å². The van der Waals surface area contributed by atoms with Crippen molar-refractivity contribution in [2.24, 2.45) is 5.10 Å². The number of aryl methyl sites for hydroxylation is 1. The molecule has 0 spiro atoms. The van der Waals surface area contributed by atoms with Gasteiger partial charge in [-0.15, -0.1) is 0 Å². The number of hydrogen-bond donors (Lipinski definition) is 1. The Kier molecular flexibility index (Phi) is 7.65. The lowest BCUT2D eigenvalue weighted by Gasteiger charge is -2.11. The van der Waals surface area contributed by atoms with Crippen molar-refractivity contribution >= 4 is 12.1 Å². The number of rotatable bonds is 9. The molecule has 0 unspecified atom stereocenters. The standard InChI is InChI=1S/C25H26N2O4/c1-18-4-6-20(7-5-18)17-31-24-14-21(10-13-23(24)30-3)16-26-27-25(28)15-19-8-11-22(29-2)12-9-19/h4-14,16H,15,17H2,1-3H3,(H,27,28)/b26-16-. The lowest BCUT2D eigenvalue weighted by atomic mass is 10.1. The van der Waals surface area contributed by atoms with Gasteiger partial charge in [0, 0.05) is 0 Å². The number of carbonyl (C=O) groups is 1. The third-order valence-corrected chi connectivity index (χ3v) is 4.63. The molecule has 3 aromatic rings. The third-order valence-electron chi connectivity index (χ3n) is 4.63. The van der Waals surface area contributed by atoms with Crippen LogP contribution in [0.15, 0.2) is 71.8 Å². The molecule has 0 aliphatic rings. The summed E-state index contributed by atoms with van der Waals surface area (Å²) in [5.74, 6) is 1.79. The second-order valence-electron chi connectivity index (χ2n) is 7.00. The van der Waals surface area contributed by atoms with Crippen LogP contribution in [0.2, 0.25) is 0 Å². The van der Waals surface area contributed by atoms with Crippen LogP contribution in [0.3, 0.4) is 0 Å². The zero-order valence-electron chi connectivity index (χ0n) is 17.9. The van der Waals surface area contributed by atoms with Gasteiger partial charge in [-0.2, -0.15) is 5.10 Å². The number of nitrogens with one attached hydrogen (secondary N) is 1. The van der Waals surface area contributed by atoms with Crippen LogP contribution in [0.25, 0.3) is 0 Å². The molecule has 1 amide bonds. The number of nitrogens with zero attached hydrogens (tertiary/aromatic N) is 1. The summed E-state index contributed by atoms with van der Waals surface area (Å²) in [6.07, 6.45) is 1.80. The molecule has 0 aliphatic heterocycles. The van der Waals surface area contributed by atoms with Crippen molar-refractivity contribution in [2.45, 2.75) is 20.0 Å². The average Bonchev–Trinajstić information content (AvgIpc) is 2.79. The van der Waals surface area contributed by atoms with E-state index in [0.29, 0.717) is 18.1 Å². The zero-order chi connectivity index (χ0) is 22.1. The van der Waals surface area contributed by atoms with Gasteiger partial charge in [0.15, 0.2) is 11.5 Å². The van der Waals surface area contributed by atoms with Crippen LogP contribution in [-0.2, 0) is 17.8 Å². The lowest BCUT2D eigenvalue weighted by molar-refractivity contribution is -0.120. The minimum atomic E-state index is -0.203. The highest BCUT2D eigenvalue weighted by molar-refractivity contribution is 5.84. The van der Waals surface area contributed by atoms with E-state index >= 15 is 0 Å². The first-order chi connectivity index (χ1) is 15.1. The monoisotopic (exact) mass is 418 g/mol. The number of carbonyl (C=O) groups excluding carboxylic acids is 1. The number of benzene rings is 3. The molecule has 0 heterocycles. The molecular formula is C25H26N2O4. The van der Waals surface area contributed by atoms with E-state index in [4.69, 9.17) is 14.2 Å². The highest BCUT2D eigenvalue weighted by Crippen LogP contribution is 2.28. The quantitative estimate of drug-likeness (QED) is 0.416. The summed E-state index contributed by atoms with van der Waals surface area (Å²) in [5.41, 5.74) is 6.48. The molecule has 0 saturated carbocycles.